The van der Waals surface area contributed by atoms with Gasteiger partial charge in [0, 0.05) is 18.7 Å². The van der Waals surface area contributed by atoms with Crippen LogP contribution in [0.15, 0.2) is 18.2 Å². The molecule has 1 aromatic carbocycles. The number of carbonyl (C=O) groups excluding carboxylic acids is 1. The van der Waals surface area contributed by atoms with Gasteiger partial charge in [0.15, 0.2) is 0 Å². The molecule has 0 aliphatic carbocycles. The van der Waals surface area contributed by atoms with Gasteiger partial charge in [-0.05, 0) is 19.1 Å². The van der Waals surface area contributed by atoms with Crippen LogP contribution in [0.5, 0.6) is 0 Å². The van der Waals surface area contributed by atoms with Crippen LogP contribution >= 0.6 is 0 Å². The summed E-state index contributed by atoms with van der Waals surface area (Å²) in [5.41, 5.74) is -0.0839. The molecule has 1 aromatic rings. The van der Waals surface area contributed by atoms with Gasteiger partial charge in [-0.2, -0.15) is 0 Å². The lowest BCUT2D eigenvalue weighted by molar-refractivity contribution is -0.136. The van der Waals surface area contributed by atoms with Crippen molar-refractivity contribution in [3.8, 4) is 0 Å². The van der Waals surface area contributed by atoms with Gasteiger partial charge in [0.2, 0.25) is 5.91 Å². The summed E-state index contributed by atoms with van der Waals surface area (Å²) >= 11 is 0. The second-order valence-corrected chi connectivity index (χ2v) is 4.63. The molecule has 1 aliphatic heterocycles. The number of carbonyl (C=O) groups is 1. The summed E-state index contributed by atoms with van der Waals surface area (Å²) in [5, 5.41) is 3.04. The maximum absolute atomic E-state index is 13.6. The van der Waals surface area contributed by atoms with Crippen LogP contribution in [0.2, 0.25) is 0 Å². The van der Waals surface area contributed by atoms with Crippen molar-refractivity contribution in [1.82, 2.24) is 10.2 Å². The minimum atomic E-state index is -0.635. The van der Waals surface area contributed by atoms with Crippen molar-refractivity contribution in [1.29, 1.82) is 0 Å². The Hall–Kier alpha value is -1.53. The second-order valence-electron chi connectivity index (χ2n) is 4.63. The molecule has 1 atom stereocenters. The Balaban J connectivity index is 2.10. The van der Waals surface area contributed by atoms with Crippen LogP contribution in [0.25, 0.3) is 0 Å². The monoisotopic (exact) mass is 284 g/mol. The molecule has 1 heterocycles. The van der Waals surface area contributed by atoms with Crippen LogP contribution in [0, 0.1) is 11.6 Å². The van der Waals surface area contributed by atoms with Gasteiger partial charge in [0.1, 0.15) is 17.7 Å². The summed E-state index contributed by atoms with van der Waals surface area (Å²) in [5.74, 6) is -1.47. The molecule has 0 saturated carbocycles. The summed E-state index contributed by atoms with van der Waals surface area (Å²) in [6.07, 6.45) is 0. The summed E-state index contributed by atoms with van der Waals surface area (Å²) in [7, 11) is 0. The van der Waals surface area contributed by atoms with E-state index >= 15 is 0 Å². The van der Waals surface area contributed by atoms with Crippen molar-refractivity contribution in [2.45, 2.75) is 19.5 Å². The molecule has 0 unspecified atom stereocenters. The normalized spacial score (nSPS) is 18.9. The number of nitrogens with one attached hydrogen (secondary N) is 1. The lowest BCUT2D eigenvalue weighted by Gasteiger charge is -2.29. The Morgan fingerprint density at radius 2 is 2.15 bits per heavy atom. The quantitative estimate of drug-likeness (QED) is 0.906. The molecular formula is C14H18F2N2O2. The van der Waals surface area contributed by atoms with Crippen molar-refractivity contribution in [2.24, 2.45) is 0 Å². The highest BCUT2D eigenvalue weighted by Crippen LogP contribution is 2.15. The van der Waals surface area contributed by atoms with Crippen LogP contribution in [0.4, 0.5) is 8.78 Å². The molecule has 0 bridgehead atoms. The predicted molar refractivity (Wildman–Crippen MR) is 70.1 cm³/mol. The van der Waals surface area contributed by atoms with Crippen molar-refractivity contribution in [3.63, 3.8) is 0 Å². The van der Waals surface area contributed by atoms with Gasteiger partial charge in [0.25, 0.3) is 0 Å². The number of rotatable bonds is 4. The Morgan fingerprint density at radius 3 is 2.70 bits per heavy atom. The molecule has 0 aromatic heterocycles. The molecule has 1 aliphatic rings. The number of hydrogen-bond acceptors (Lipinski definition) is 3. The molecular weight excluding hydrogens is 266 g/mol. The zero-order valence-corrected chi connectivity index (χ0v) is 11.4. The molecule has 2 rings (SSSR count). The van der Waals surface area contributed by atoms with E-state index in [1.165, 1.54) is 23.1 Å². The number of halogens is 2. The van der Waals surface area contributed by atoms with Gasteiger partial charge in [-0.3, -0.25) is 4.79 Å². The number of ether oxygens (including phenoxy) is 1. The first-order valence-corrected chi connectivity index (χ1v) is 6.66. The fraction of sp³-hybridized carbons (Fsp3) is 0.500. The topological polar surface area (TPSA) is 41.6 Å². The van der Waals surface area contributed by atoms with Crippen molar-refractivity contribution >= 4 is 5.91 Å². The highest BCUT2D eigenvalue weighted by Gasteiger charge is 2.26. The summed E-state index contributed by atoms with van der Waals surface area (Å²) in [6, 6.07) is 3.25. The lowest BCUT2D eigenvalue weighted by Crippen LogP contribution is -2.52. The van der Waals surface area contributed by atoms with Gasteiger partial charge in [-0.1, -0.05) is 6.07 Å². The smallest absolute Gasteiger partial charge is 0.242 e. The molecule has 4 nitrogen and oxygen atoms in total. The van der Waals surface area contributed by atoms with Crippen LogP contribution in [-0.4, -0.2) is 43.2 Å². The maximum Gasteiger partial charge on any atom is 0.242 e. The largest absolute Gasteiger partial charge is 0.378 e. The molecule has 20 heavy (non-hydrogen) atoms. The predicted octanol–water partition coefficient (Wildman–Crippen LogP) is 1.30. The van der Waals surface area contributed by atoms with Crippen LogP contribution in [0.3, 0.4) is 0 Å². The molecule has 1 saturated heterocycles. The number of morpholine rings is 1. The number of amides is 1. The van der Waals surface area contributed by atoms with Gasteiger partial charge >= 0.3 is 0 Å². The first kappa shape index (κ1) is 14.9. The van der Waals surface area contributed by atoms with Crippen LogP contribution in [0.1, 0.15) is 12.5 Å². The Bertz CT molecular complexity index is 456. The van der Waals surface area contributed by atoms with E-state index in [2.05, 4.69) is 5.32 Å². The molecule has 1 amide bonds. The van der Waals surface area contributed by atoms with Crippen LogP contribution < -0.4 is 5.32 Å². The number of nitrogens with zero attached hydrogens (tertiary/aromatic N) is 1. The third-order valence-corrected chi connectivity index (χ3v) is 3.32. The van der Waals surface area contributed by atoms with Gasteiger partial charge in [0.05, 0.1) is 19.8 Å². The number of benzene rings is 1. The SMILES string of the molecule is CCN(Cc1c(F)cccc1F)C(=O)[C@@H]1COCCN1. The highest BCUT2D eigenvalue weighted by atomic mass is 19.1. The first-order valence-electron chi connectivity index (χ1n) is 6.66. The van der Waals surface area contributed by atoms with Gasteiger partial charge in [-0.15, -0.1) is 0 Å². The molecule has 0 spiro atoms. The molecule has 110 valence electrons. The summed E-state index contributed by atoms with van der Waals surface area (Å²) in [4.78, 5) is 13.7. The Morgan fingerprint density at radius 1 is 1.45 bits per heavy atom. The van der Waals surface area contributed by atoms with Crippen LogP contribution in [-0.2, 0) is 16.1 Å². The second kappa shape index (κ2) is 6.76. The minimum absolute atomic E-state index is 0.0774. The Kier molecular flexibility index (Phi) is 5.03. The maximum atomic E-state index is 13.6. The van der Waals surface area contributed by atoms with E-state index in [9.17, 15) is 13.6 Å². The third kappa shape index (κ3) is 3.32. The fourth-order valence-corrected chi connectivity index (χ4v) is 2.16. The van der Waals surface area contributed by atoms with Crippen molar-refractivity contribution in [2.75, 3.05) is 26.3 Å². The van der Waals surface area contributed by atoms with E-state index in [1.54, 1.807) is 6.92 Å². The Labute approximate surface area is 116 Å². The molecule has 1 N–H and O–H groups in total. The lowest BCUT2D eigenvalue weighted by atomic mass is 10.1. The first-order chi connectivity index (χ1) is 9.63. The van der Waals surface area contributed by atoms with Gasteiger partial charge in [-0.25, -0.2) is 8.78 Å². The van der Waals surface area contributed by atoms with E-state index in [0.717, 1.165) is 0 Å². The fourth-order valence-electron chi connectivity index (χ4n) is 2.16. The van der Waals surface area contributed by atoms with Gasteiger partial charge < -0.3 is 15.0 Å². The van der Waals surface area contributed by atoms with E-state index in [-0.39, 0.29) is 24.6 Å². The number of hydrogen-bond donors (Lipinski definition) is 1. The van der Waals surface area contributed by atoms with Crippen molar-refractivity contribution in [3.05, 3.63) is 35.4 Å². The number of likely N-dealkylation sites (N-methyl/N-ethyl adjacent to an activating group) is 1. The summed E-state index contributed by atoms with van der Waals surface area (Å²) in [6.45, 7) is 3.53. The van der Waals surface area contributed by atoms with E-state index < -0.39 is 17.7 Å². The zero-order chi connectivity index (χ0) is 14.5. The molecule has 0 radical (unpaired) electrons. The van der Waals surface area contributed by atoms with E-state index in [1.807, 2.05) is 0 Å². The summed E-state index contributed by atoms with van der Waals surface area (Å²) < 4.78 is 32.5. The van der Waals surface area contributed by atoms with E-state index in [0.29, 0.717) is 19.7 Å². The highest BCUT2D eigenvalue weighted by molar-refractivity contribution is 5.82. The standard InChI is InChI=1S/C14H18F2N2O2/c1-2-18(14(19)13-9-20-7-6-17-13)8-10-11(15)4-3-5-12(10)16/h3-5,13,17H,2,6-9H2,1H3/t13-/m0/s1. The average Bonchev–Trinajstić information content (AvgIpc) is 2.47. The third-order valence-electron chi connectivity index (χ3n) is 3.32. The van der Waals surface area contributed by atoms with Crippen molar-refractivity contribution < 1.29 is 18.3 Å². The average molecular weight is 284 g/mol. The molecule has 1 fully saturated rings. The minimum Gasteiger partial charge on any atom is -0.378 e. The van der Waals surface area contributed by atoms with E-state index in [4.69, 9.17) is 4.74 Å². The molecule has 6 heteroatoms. The zero-order valence-electron chi connectivity index (χ0n) is 11.4.